The summed E-state index contributed by atoms with van der Waals surface area (Å²) >= 11 is 0. The van der Waals surface area contributed by atoms with Crippen LogP contribution in [0.2, 0.25) is 0 Å². The van der Waals surface area contributed by atoms with Crippen molar-refractivity contribution < 1.29 is 25.2 Å². The Morgan fingerprint density at radius 2 is 1.63 bits per heavy atom. The van der Waals surface area contributed by atoms with Crippen LogP contribution in [0.25, 0.3) is 0 Å². The van der Waals surface area contributed by atoms with Gasteiger partial charge in [0.05, 0.1) is 23.2 Å². The molecule has 4 aliphatic carbocycles. The van der Waals surface area contributed by atoms with Crippen LogP contribution in [0.3, 0.4) is 0 Å². The van der Waals surface area contributed by atoms with E-state index in [0.29, 0.717) is 24.7 Å². The van der Waals surface area contributed by atoms with Crippen molar-refractivity contribution in [2.45, 2.75) is 119 Å². The topological polar surface area (TPSA) is 98.0 Å². The molecule has 35 heavy (non-hydrogen) atoms. The van der Waals surface area contributed by atoms with Crippen molar-refractivity contribution in [3.63, 3.8) is 0 Å². The molecule has 0 saturated heterocycles. The van der Waals surface area contributed by atoms with Crippen LogP contribution in [-0.4, -0.2) is 44.2 Å². The summed E-state index contributed by atoms with van der Waals surface area (Å²) in [6.45, 7) is 19.0. The molecule has 0 amide bonds. The Balaban J connectivity index is 1.88. The summed E-state index contributed by atoms with van der Waals surface area (Å²) in [6.07, 6.45) is 5.60. The first-order valence-corrected chi connectivity index (χ1v) is 13.8. The molecule has 0 aromatic carbocycles. The fraction of sp³-hybridized carbons (Fsp3) is 0.900. The average Bonchev–Trinajstić information content (AvgIpc) is 2.72. The lowest BCUT2D eigenvalue weighted by Gasteiger charge is -2.71. The van der Waals surface area contributed by atoms with Gasteiger partial charge in [-0.2, -0.15) is 0 Å². The second-order valence-corrected chi connectivity index (χ2v) is 14.9. The molecule has 0 radical (unpaired) electrons. The SMILES string of the molecule is CC(C)C(C)(O)C1C2=CCC3C4(C)CC(O)C(O)C(C)(C)C4CCC3(C)C2(C)CCC1(C)C(=O)O. The van der Waals surface area contributed by atoms with E-state index in [1.165, 1.54) is 0 Å². The molecule has 0 heterocycles. The molecule has 4 aliphatic rings. The maximum Gasteiger partial charge on any atom is 0.310 e. The molecule has 0 spiro atoms. The van der Waals surface area contributed by atoms with Gasteiger partial charge in [-0.1, -0.05) is 60.1 Å². The third kappa shape index (κ3) is 3.26. The van der Waals surface area contributed by atoms with Gasteiger partial charge in [0, 0.05) is 5.92 Å². The number of fused-ring (bicyclic) bond motifs is 5. The number of carboxylic acids is 1. The summed E-state index contributed by atoms with van der Waals surface area (Å²) < 4.78 is 0. The number of rotatable bonds is 3. The van der Waals surface area contributed by atoms with Crippen LogP contribution in [-0.2, 0) is 4.79 Å². The molecule has 10 atom stereocenters. The molecular formula is C30H50O5. The van der Waals surface area contributed by atoms with E-state index in [-0.39, 0.29) is 27.6 Å². The second-order valence-electron chi connectivity index (χ2n) is 14.9. The summed E-state index contributed by atoms with van der Waals surface area (Å²) in [5.74, 6) is -0.718. The number of aliphatic hydroxyl groups is 3. The zero-order valence-corrected chi connectivity index (χ0v) is 23.5. The Hall–Kier alpha value is -0.910. The number of hydrogen-bond donors (Lipinski definition) is 4. The van der Waals surface area contributed by atoms with Gasteiger partial charge < -0.3 is 20.4 Å². The molecule has 5 heteroatoms. The van der Waals surface area contributed by atoms with Gasteiger partial charge in [0.2, 0.25) is 0 Å². The predicted octanol–water partition coefficient (Wildman–Crippen LogP) is 5.42. The van der Waals surface area contributed by atoms with Crippen LogP contribution in [0.1, 0.15) is 101 Å². The van der Waals surface area contributed by atoms with Crippen LogP contribution < -0.4 is 0 Å². The molecule has 0 bridgehead atoms. The number of carboxylic acid groups (broad SMARTS) is 1. The first-order valence-electron chi connectivity index (χ1n) is 13.8. The van der Waals surface area contributed by atoms with Crippen molar-refractivity contribution in [3.8, 4) is 0 Å². The van der Waals surface area contributed by atoms with Crippen LogP contribution in [0.15, 0.2) is 11.6 Å². The molecule has 3 saturated carbocycles. The van der Waals surface area contributed by atoms with Gasteiger partial charge in [-0.05, 0) is 91.8 Å². The summed E-state index contributed by atoms with van der Waals surface area (Å²) in [5, 5.41) is 44.1. The van der Waals surface area contributed by atoms with Crippen molar-refractivity contribution in [2.75, 3.05) is 0 Å². The summed E-state index contributed by atoms with van der Waals surface area (Å²) in [6, 6.07) is 0. The Morgan fingerprint density at radius 3 is 2.17 bits per heavy atom. The third-order valence-corrected chi connectivity index (χ3v) is 12.8. The van der Waals surface area contributed by atoms with Gasteiger partial charge >= 0.3 is 5.97 Å². The molecule has 0 aromatic rings. The smallest absolute Gasteiger partial charge is 0.310 e. The Morgan fingerprint density at radius 1 is 1.03 bits per heavy atom. The van der Waals surface area contributed by atoms with Gasteiger partial charge in [-0.25, -0.2) is 0 Å². The maximum atomic E-state index is 12.7. The van der Waals surface area contributed by atoms with Gasteiger partial charge in [0.15, 0.2) is 0 Å². The van der Waals surface area contributed by atoms with E-state index < -0.39 is 35.1 Å². The molecule has 4 rings (SSSR count). The van der Waals surface area contributed by atoms with E-state index in [1.807, 2.05) is 27.7 Å². The summed E-state index contributed by atoms with van der Waals surface area (Å²) in [5.41, 5.74) is -1.81. The van der Waals surface area contributed by atoms with E-state index in [2.05, 4.69) is 40.7 Å². The van der Waals surface area contributed by atoms with Crippen molar-refractivity contribution in [2.24, 2.45) is 50.7 Å². The zero-order chi connectivity index (χ0) is 26.6. The van der Waals surface area contributed by atoms with E-state index >= 15 is 0 Å². The molecule has 5 nitrogen and oxygen atoms in total. The second kappa shape index (κ2) is 7.80. The van der Waals surface area contributed by atoms with Gasteiger partial charge in [0.25, 0.3) is 0 Å². The van der Waals surface area contributed by atoms with Crippen LogP contribution in [0.5, 0.6) is 0 Å². The van der Waals surface area contributed by atoms with Gasteiger partial charge in [0.1, 0.15) is 0 Å². The Bertz CT molecular complexity index is 920. The van der Waals surface area contributed by atoms with Crippen molar-refractivity contribution >= 4 is 5.97 Å². The largest absolute Gasteiger partial charge is 0.481 e. The number of carbonyl (C=O) groups is 1. The Labute approximate surface area is 212 Å². The molecule has 4 N–H and O–H groups in total. The molecule has 200 valence electrons. The minimum atomic E-state index is -1.14. The highest BCUT2D eigenvalue weighted by atomic mass is 16.4. The highest BCUT2D eigenvalue weighted by Crippen LogP contribution is 2.75. The van der Waals surface area contributed by atoms with Crippen LogP contribution in [0.4, 0.5) is 0 Å². The standard InChI is InChI=1S/C30H50O5/c1-17(2)30(9,35)22-18-10-11-21-27(6)16-19(31)23(32)25(3,4)20(27)12-13-29(21,8)28(18,7)15-14-26(22,5)24(33)34/h10,17,19-23,31-32,35H,11-16H2,1-9H3,(H,33,34). The third-order valence-electron chi connectivity index (χ3n) is 12.8. The first kappa shape index (κ1) is 27.1. The predicted molar refractivity (Wildman–Crippen MR) is 138 cm³/mol. The lowest BCUT2D eigenvalue weighted by molar-refractivity contribution is -0.233. The first-order chi connectivity index (χ1) is 15.8. The molecule has 10 unspecified atom stereocenters. The lowest BCUT2D eigenvalue weighted by atomic mass is 9.33. The fourth-order valence-corrected chi connectivity index (χ4v) is 10.1. The minimum Gasteiger partial charge on any atom is -0.481 e. The summed E-state index contributed by atoms with van der Waals surface area (Å²) in [4.78, 5) is 12.7. The summed E-state index contributed by atoms with van der Waals surface area (Å²) in [7, 11) is 0. The number of hydrogen-bond acceptors (Lipinski definition) is 4. The van der Waals surface area contributed by atoms with Crippen LogP contribution >= 0.6 is 0 Å². The van der Waals surface area contributed by atoms with Gasteiger partial charge in [-0.3, -0.25) is 4.79 Å². The van der Waals surface area contributed by atoms with E-state index in [9.17, 15) is 25.2 Å². The fourth-order valence-electron chi connectivity index (χ4n) is 10.1. The van der Waals surface area contributed by atoms with E-state index in [1.54, 1.807) is 0 Å². The van der Waals surface area contributed by atoms with E-state index in [4.69, 9.17) is 0 Å². The monoisotopic (exact) mass is 490 g/mol. The Kier molecular flexibility index (Phi) is 6.05. The lowest BCUT2D eigenvalue weighted by Crippen LogP contribution is -2.67. The quantitative estimate of drug-likeness (QED) is 0.396. The molecule has 0 aromatic heterocycles. The zero-order valence-electron chi connectivity index (χ0n) is 23.5. The highest BCUT2D eigenvalue weighted by molar-refractivity contribution is 5.76. The molecular weight excluding hydrogens is 440 g/mol. The van der Waals surface area contributed by atoms with E-state index in [0.717, 1.165) is 31.3 Å². The number of aliphatic carboxylic acids is 1. The highest BCUT2D eigenvalue weighted by Gasteiger charge is 2.70. The number of aliphatic hydroxyl groups excluding tert-OH is 2. The maximum absolute atomic E-state index is 12.7. The number of allylic oxidation sites excluding steroid dienone is 1. The molecule has 3 fully saturated rings. The minimum absolute atomic E-state index is 0.0778. The van der Waals surface area contributed by atoms with Crippen molar-refractivity contribution in [1.82, 2.24) is 0 Å². The normalized spacial score (nSPS) is 50.9. The van der Waals surface area contributed by atoms with Crippen LogP contribution in [0, 0.1) is 50.7 Å². The molecule has 0 aliphatic heterocycles. The van der Waals surface area contributed by atoms with Crippen molar-refractivity contribution in [1.29, 1.82) is 0 Å². The van der Waals surface area contributed by atoms with Crippen molar-refractivity contribution in [3.05, 3.63) is 11.6 Å². The average molecular weight is 491 g/mol. The van der Waals surface area contributed by atoms with Gasteiger partial charge in [-0.15, -0.1) is 0 Å².